The van der Waals surface area contributed by atoms with Crippen molar-refractivity contribution >= 4 is 0 Å². The largest absolute Gasteiger partial charge is 0.385 e. The molecule has 0 spiro atoms. The van der Waals surface area contributed by atoms with E-state index in [0.29, 0.717) is 6.42 Å². The lowest BCUT2D eigenvalue weighted by atomic mass is 9.89. The predicted molar refractivity (Wildman–Crippen MR) is 68.8 cm³/mol. The van der Waals surface area contributed by atoms with Crippen molar-refractivity contribution in [2.45, 2.75) is 24.9 Å². The van der Waals surface area contributed by atoms with Crippen LogP contribution in [-0.4, -0.2) is 5.11 Å². The van der Waals surface area contributed by atoms with Crippen molar-refractivity contribution in [3.05, 3.63) is 71.3 Å². The zero-order chi connectivity index (χ0) is 11.7. The van der Waals surface area contributed by atoms with Gasteiger partial charge in [0.25, 0.3) is 0 Å². The highest BCUT2D eigenvalue weighted by atomic mass is 16.3. The van der Waals surface area contributed by atoms with Gasteiger partial charge in [-0.2, -0.15) is 0 Å². The summed E-state index contributed by atoms with van der Waals surface area (Å²) < 4.78 is 0. The van der Waals surface area contributed by atoms with Crippen LogP contribution < -0.4 is 0 Å². The third kappa shape index (κ3) is 1.87. The zero-order valence-corrected chi connectivity index (χ0v) is 9.76. The Kier molecular flexibility index (Phi) is 2.49. The Balaban J connectivity index is 1.94. The standard InChI is InChI=1S/C16H16O/c17-16(12-13-6-2-1-3-7-13)11-10-14-8-4-5-9-15(14)16/h1-9,17H,10-12H2. The van der Waals surface area contributed by atoms with Gasteiger partial charge in [-0.25, -0.2) is 0 Å². The molecule has 0 heterocycles. The Morgan fingerprint density at radius 1 is 0.941 bits per heavy atom. The first-order valence-electron chi connectivity index (χ1n) is 6.13. The average Bonchev–Trinajstić information content (AvgIpc) is 2.69. The van der Waals surface area contributed by atoms with Crippen molar-refractivity contribution in [3.63, 3.8) is 0 Å². The van der Waals surface area contributed by atoms with Crippen LogP contribution in [0.4, 0.5) is 0 Å². The van der Waals surface area contributed by atoms with Gasteiger partial charge in [0.1, 0.15) is 0 Å². The van der Waals surface area contributed by atoms with Gasteiger partial charge in [-0.05, 0) is 29.5 Å². The monoisotopic (exact) mass is 224 g/mol. The minimum atomic E-state index is -0.669. The van der Waals surface area contributed by atoms with Crippen molar-refractivity contribution in [1.29, 1.82) is 0 Å². The van der Waals surface area contributed by atoms with E-state index in [2.05, 4.69) is 24.3 Å². The highest BCUT2D eigenvalue weighted by Crippen LogP contribution is 2.39. The molecule has 0 aliphatic heterocycles. The number of rotatable bonds is 2. The van der Waals surface area contributed by atoms with E-state index >= 15 is 0 Å². The zero-order valence-electron chi connectivity index (χ0n) is 9.76. The van der Waals surface area contributed by atoms with Gasteiger partial charge in [-0.15, -0.1) is 0 Å². The molecule has 2 aromatic carbocycles. The lowest BCUT2D eigenvalue weighted by molar-refractivity contribution is 0.0390. The number of hydrogen-bond acceptors (Lipinski definition) is 1. The van der Waals surface area contributed by atoms with Gasteiger partial charge in [0.15, 0.2) is 0 Å². The maximum atomic E-state index is 10.8. The topological polar surface area (TPSA) is 20.2 Å². The summed E-state index contributed by atoms with van der Waals surface area (Å²) in [6, 6.07) is 18.5. The van der Waals surface area contributed by atoms with Gasteiger partial charge in [0, 0.05) is 6.42 Å². The van der Waals surface area contributed by atoms with Gasteiger partial charge < -0.3 is 5.11 Å². The summed E-state index contributed by atoms with van der Waals surface area (Å²) in [6.07, 6.45) is 2.53. The SMILES string of the molecule is OC1(Cc2ccccc2)CCc2ccccc21. The van der Waals surface area contributed by atoms with Crippen molar-refractivity contribution in [2.75, 3.05) is 0 Å². The molecule has 86 valence electrons. The van der Waals surface area contributed by atoms with E-state index < -0.39 is 5.60 Å². The maximum absolute atomic E-state index is 10.8. The first-order valence-corrected chi connectivity index (χ1v) is 6.13. The van der Waals surface area contributed by atoms with Crippen LogP contribution in [0.2, 0.25) is 0 Å². The Morgan fingerprint density at radius 3 is 2.47 bits per heavy atom. The number of hydrogen-bond donors (Lipinski definition) is 1. The fourth-order valence-electron chi connectivity index (χ4n) is 2.79. The molecule has 0 aromatic heterocycles. The summed E-state index contributed by atoms with van der Waals surface area (Å²) in [5, 5.41) is 10.8. The van der Waals surface area contributed by atoms with Crippen LogP contribution in [0.5, 0.6) is 0 Å². The summed E-state index contributed by atoms with van der Waals surface area (Å²) >= 11 is 0. The molecule has 1 aliphatic rings. The van der Waals surface area contributed by atoms with Crippen molar-refractivity contribution in [2.24, 2.45) is 0 Å². The smallest absolute Gasteiger partial charge is 0.0942 e. The second-order valence-electron chi connectivity index (χ2n) is 4.85. The Hall–Kier alpha value is -1.60. The van der Waals surface area contributed by atoms with Crippen LogP contribution >= 0.6 is 0 Å². The Morgan fingerprint density at radius 2 is 1.65 bits per heavy atom. The molecule has 2 aromatic rings. The van der Waals surface area contributed by atoms with Crippen molar-refractivity contribution in [3.8, 4) is 0 Å². The predicted octanol–water partition coefficient (Wildman–Crippen LogP) is 3.06. The van der Waals surface area contributed by atoms with Gasteiger partial charge in [-0.1, -0.05) is 54.6 Å². The maximum Gasteiger partial charge on any atom is 0.0942 e. The molecule has 0 bridgehead atoms. The summed E-state index contributed by atoms with van der Waals surface area (Å²) in [7, 11) is 0. The first-order chi connectivity index (χ1) is 8.28. The van der Waals surface area contributed by atoms with E-state index in [0.717, 1.165) is 18.4 Å². The molecule has 0 saturated carbocycles. The second kappa shape index (κ2) is 4.01. The molecule has 0 fully saturated rings. The molecule has 1 aliphatic carbocycles. The van der Waals surface area contributed by atoms with Gasteiger partial charge in [0.05, 0.1) is 5.60 Å². The van der Waals surface area contributed by atoms with Crippen LogP contribution in [0.25, 0.3) is 0 Å². The van der Waals surface area contributed by atoms with E-state index in [1.165, 1.54) is 11.1 Å². The lowest BCUT2D eigenvalue weighted by Crippen LogP contribution is -2.25. The van der Waals surface area contributed by atoms with Crippen LogP contribution in [0.1, 0.15) is 23.1 Å². The fraction of sp³-hybridized carbons (Fsp3) is 0.250. The number of benzene rings is 2. The van der Waals surface area contributed by atoms with E-state index in [-0.39, 0.29) is 0 Å². The molecule has 3 rings (SSSR count). The van der Waals surface area contributed by atoms with Crippen LogP contribution in [0, 0.1) is 0 Å². The highest BCUT2D eigenvalue weighted by molar-refractivity contribution is 5.38. The first kappa shape index (κ1) is 10.5. The Bertz CT molecular complexity index is 518. The van der Waals surface area contributed by atoms with E-state index in [4.69, 9.17) is 0 Å². The minimum absolute atomic E-state index is 0.669. The summed E-state index contributed by atoms with van der Waals surface area (Å²) in [5.41, 5.74) is 2.94. The number of aliphatic hydroxyl groups is 1. The van der Waals surface area contributed by atoms with E-state index in [1.807, 2.05) is 30.3 Å². The lowest BCUT2D eigenvalue weighted by Gasteiger charge is -2.24. The van der Waals surface area contributed by atoms with Gasteiger partial charge in [-0.3, -0.25) is 0 Å². The molecule has 1 unspecified atom stereocenters. The van der Waals surface area contributed by atoms with Crippen molar-refractivity contribution < 1.29 is 5.11 Å². The molecule has 1 heteroatoms. The average molecular weight is 224 g/mol. The van der Waals surface area contributed by atoms with Crippen LogP contribution in [-0.2, 0) is 18.4 Å². The van der Waals surface area contributed by atoms with Crippen LogP contribution in [0.3, 0.4) is 0 Å². The molecule has 1 atom stereocenters. The van der Waals surface area contributed by atoms with E-state index in [9.17, 15) is 5.11 Å². The third-order valence-corrected chi connectivity index (χ3v) is 3.67. The summed E-state index contributed by atoms with van der Waals surface area (Å²) in [5.74, 6) is 0. The van der Waals surface area contributed by atoms with Crippen LogP contribution in [0.15, 0.2) is 54.6 Å². The second-order valence-corrected chi connectivity index (χ2v) is 4.85. The van der Waals surface area contributed by atoms with Gasteiger partial charge in [0.2, 0.25) is 0 Å². The summed E-state index contributed by atoms with van der Waals surface area (Å²) in [4.78, 5) is 0. The minimum Gasteiger partial charge on any atom is -0.385 e. The van der Waals surface area contributed by atoms with Gasteiger partial charge >= 0.3 is 0 Å². The van der Waals surface area contributed by atoms with E-state index in [1.54, 1.807) is 0 Å². The molecule has 0 radical (unpaired) electrons. The fourth-order valence-corrected chi connectivity index (χ4v) is 2.79. The molecule has 17 heavy (non-hydrogen) atoms. The molecular weight excluding hydrogens is 208 g/mol. The quantitative estimate of drug-likeness (QED) is 0.831. The number of fused-ring (bicyclic) bond motifs is 1. The summed E-state index contributed by atoms with van der Waals surface area (Å²) in [6.45, 7) is 0. The third-order valence-electron chi connectivity index (χ3n) is 3.67. The molecule has 1 N–H and O–H groups in total. The van der Waals surface area contributed by atoms with Crippen molar-refractivity contribution in [1.82, 2.24) is 0 Å². The molecule has 0 amide bonds. The highest BCUT2D eigenvalue weighted by Gasteiger charge is 2.36. The molecule has 1 nitrogen and oxygen atoms in total. The Labute approximate surface area is 102 Å². The normalized spacial score (nSPS) is 22.4. The molecule has 0 saturated heterocycles. The number of aryl methyl sites for hydroxylation is 1. The molecular formula is C16H16O.